The van der Waals surface area contributed by atoms with Gasteiger partial charge in [-0.2, -0.15) is 13.2 Å². The number of rotatable bonds is 3. The Balaban J connectivity index is 1.65. The van der Waals surface area contributed by atoms with Gasteiger partial charge in [-0.05, 0) is 12.1 Å². The lowest BCUT2D eigenvalue weighted by atomic mass is 10.1. The van der Waals surface area contributed by atoms with Crippen molar-refractivity contribution < 1.29 is 27.4 Å². The first-order valence-electron chi connectivity index (χ1n) is 10.7. The van der Waals surface area contributed by atoms with E-state index >= 15 is 0 Å². The lowest BCUT2D eigenvalue weighted by Crippen LogP contribution is -2.40. The van der Waals surface area contributed by atoms with Crippen LogP contribution < -0.4 is 10.6 Å². The van der Waals surface area contributed by atoms with Gasteiger partial charge >= 0.3 is 6.18 Å². The summed E-state index contributed by atoms with van der Waals surface area (Å²) in [6, 6.07) is 2.43. The molecule has 0 atom stereocenters. The highest BCUT2D eigenvalue weighted by molar-refractivity contribution is 5.96. The predicted molar refractivity (Wildman–Crippen MR) is 115 cm³/mol. The summed E-state index contributed by atoms with van der Waals surface area (Å²) in [5.41, 5.74) is 5.12. The molecule has 5 rings (SSSR count). The molecule has 5 heterocycles. The number of anilines is 2. The van der Waals surface area contributed by atoms with E-state index in [1.165, 1.54) is 10.7 Å². The summed E-state index contributed by atoms with van der Waals surface area (Å²) in [5, 5.41) is 4.32. The Morgan fingerprint density at radius 2 is 1.71 bits per heavy atom. The fourth-order valence-electron chi connectivity index (χ4n) is 4.06. The Morgan fingerprint density at radius 1 is 1.03 bits per heavy atom. The van der Waals surface area contributed by atoms with E-state index in [2.05, 4.69) is 15.1 Å². The third kappa shape index (κ3) is 4.23. The number of ether oxygens (including phenoxy) is 2. The van der Waals surface area contributed by atoms with E-state index in [0.29, 0.717) is 69.5 Å². The highest BCUT2D eigenvalue weighted by Gasteiger charge is 2.36. The summed E-state index contributed by atoms with van der Waals surface area (Å²) < 4.78 is 53.4. The highest BCUT2D eigenvalue weighted by Crippen LogP contribution is 2.37. The van der Waals surface area contributed by atoms with Gasteiger partial charge in [0.05, 0.1) is 43.1 Å². The standard InChI is InChI=1S/C21H22F3N7O3/c22-21(23,24)15-10-17(25)26-11-14(15)18-27-19(29-1-5-33-6-2-29)16-9-13(12-31(16)28-18)20(32)30-3-7-34-8-4-30/h9-12H,1-8H2,(H2,25,26). The number of carbonyl (C=O) groups is 1. The van der Waals surface area contributed by atoms with Crippen LogP contribution in [0.4, 0.5) is 24.8 Å². The van der Waals surface area contributed by atoms with Crippen molar-refractivity contribution in [3.8, 4) is 11.4 Å². The van der Waals surface area contributed by atoms with E-state index in [0.717, 1.165) is 12.3 Å². The van der Waals surface area contributed by atoms with Crippen LogP contribution in [0.5, 0.6) is 0 Å². The van der Waals surface area contributed by atoms with E-state index < -0.39 is 11.7 Å². The van der Waals surface area contributed by atoms with Gasteiger partial charge in [0.2, 0.25) is 0 Å². The van der Waals surface area contributed by atoms with Crippen molar-refractivity contribution in [1.82, 2.24) is 24.5 Å². The number of carbonyl (C=O) groups excluding carboxylic acids is 1. The summed E-state index contributed by atoms with van der Waals surface area (Å²) in [7, 11) is 0. The summed E-state index contributed by atoms with van der Waals surface area (Å²) >= 11 is 0. The lowest BCUT2D eigenvalue weighted by molar-refractivity contribution is -0.137. The predicted octanol–water partition coefficient (Wildman–Crippen LogP) is 1.70. The summed E-state index contributed by atoms with van der Waals surface area (Å²) in [5.74, 6) is -0.215. The quantitative estimate of drug-likeness (QED) is 0.607. The van der Waals surface area contributed by atoms with Crippen molar-refractivity contribution in [3.05, 3.63) is 35.7 Å². The van der Waals surface area contributed by atoms with Gasteiger partial charge in [0.15, 0.2) is 11.6 Å². The zero-order valence-electron chi connectivity index (χ0n) is 18.1. The molecule has 0 bridgehead atoms. The molecule has 1 amide bonds. The Labute approximate surface area is 192 Å². The zero-order chi connectivity index (χ0) is 23.9. The number of hydrogen-bond donors (Lipinski definition) is 1. The molecule has 3 aromatic rings. The summed E-state index contributed by atoms with van der Waals surface area (Å²) in [6.45, 7) is 3.71. The number of alkyl halides is 3. The number of fused-ring (bicyclic) bond motifs is 1. The molecule has 0 aromatic carbocycles. The van der Waals surface area contributed by atoms with Gasteiger partial charge in [-0.1, -0.05) is 0 Å². The van der Waals surface area contributed by atoms with Crippen LogP contribution in [0.2, 0.25) is 0 Å². The normalized spacial score (nSPS) is 17.4. The van der Waals surface area contributed by atoms with Crippen LogP contribution in [0, 0.1) is 0 Å². The SMILES string of the molecule is Nc1cc(C(F)(F)F)c(-c2nc(N3CCOCC3)c3cc(C(=O)N4CCOCC4)cn3n2)cn1. The second kappa shape index (κ2) is 8.72. The minimum Gasteiger partial charge on any atom is -0.384 e. The number of hydrogen-bond acceptors (Lipinski definition) is 8. The molecule has 0 unspecified atom stereocenters. The van der Waals surface area contributed by atoms with Crippen LogP contribution in [0.1, 0.15) is 15.9 Å². The minimum atomic E-state index is -4.68. The molecular formula is C21H22F3N7O3. The van der Waals surface area contributed by atoms with Gasteiger partial charge in [0, 0.05) is 38.6 Å². The fraction of sp³-hybridized carbons (Fsp3) is 0.429. The van der Waals surface area contributed by atoms with Gasteiger partial charge in [-0.15, -0.1) is 5.10 Å². The maximum atomic E-state index is 13.8. The molecule has 180 valence electrons. The van der Waals surface area contributed by atoms with Gasteiger partial charge in [0.1, 0.15) is 11.3 Å². The van der Waals surface area contributed by atoms with Gasteiger partial charge < -0.3 is 25.0 Å². The van der Waals surface area contributed by atoms with E-state index in [1.54, 1.807) is 11.0 Å². The number of amides is 1. The molecule has 0 aliphatic carbocycles. The topological polar surface area (TPSA) is 111 Å². The second-order valence-electron chi connectivity index (χ2n) is 7.97. The molecule has 10 nitrogen and oxygen atoms in total. The Morgan fingerprint density at radius 3 is 2.38 bits per heavy atom. The van der Waals surface area contributed by atoms with E-state index in [9.17, 15) is 18.0 Å². The third-order valence-corrected chi connectivity index (χ3v) is 5.77. The molecule has 0 saturated carbocycles. The second-order valence-corrected chi connectivity index (χ2v) is 7.97. The van der Waals surface area contributed by atoms with Gasteiger partial charge in [0.25, 0.3) is 5.91 Å². The largest absolute Gasteiger partial charge is 0.417 e. The first-order chi connectivity index (χ1) is 16.3. The zero-order valence-corrected chi connectivity index (χ0v) is 18.1. The number of pyridine rings is 1. The molecular weight excluding hydrogens is 455 g/mol. The number of nitrogens with two attached hydrogens (primary N) is 1. The van der Waals surface area contributed by atoms with Crippen molar-refractivity contribution in [2.24, 2.45) is 0 Å². The summed E-state index contributed by atoms with van der Waals surface area (Å²) in [6.07, 6.45) is -2.15. The maximum Gasteiger partial charge on any atom is 0.417 e. The first kappa shape index (κ1) is 22.3. The molecule has 34 heavy (non-hydrogen) atoms. The fourth-order valence-corrected chi connectivity index (χ4v) is 4.06. The monoisotopic (exact) mass is 477 g/mol. The average molecular weight is 477 g/mol. The van der Waals surface area contributed by atoms with Crippen molar-refractivity contribution in [1.29, 1.82) is 0 Å². The minimum absolute atomic E-state index is 0.171. The van der Waals surface area contributed by atoms with Crippen LogP contribution >= 0.6 is 0 Å². The molecule has 2 aliphatic rings. The summed E-state index contributed by atoms with van der Waals surface area (Å²) in [4.78, 5) is 24.9. The Bertz CT molecular complexity index is 1220. The number of nitrogen functional groups attached to an aromatic ring is 1. The van der Waals surface area contributed by atoms with E-state index in [1.807, 2.05) is 4.90 Å². The van der Waals surface area contributed by atoms with Crippen molar-refractivity contribution in [3.63, 3.8) is 0 Å². The van der Waals surface area contributed by atoms with E-state index in [-0.39, 0.29) is 23.1 Å². The van der Waals surface area contributed by atoms with E-state index in [4.69, 9.17) is 15.2 Å². The van der Waals surface area contributed by atoms with Crippen LogP contribution in [-0.4, -0.2) is 83.0 Å². The van der Waals surface area contributed by atoms with Gasteiger partial charge in [-0.3, -0.25) is 4.79 Å². The molecule has 2 aliphatic heterocycles. The highest BCUT2D eigenvalue weighted by atomic mass is 19.4. The molecule has 2 fully saturated rings. The average Bonchev–Trinajstić information content (AvgIpc) is 3.28. The smallest absolute Gasteiger partial charge is 0.384 e. The number of morpholine rings is 2. The van der Waals surface area contributed by atoms with Gasteiger partial charge in [-0.25, -0.2) is 14.5 Å². The molecule has 2 saturated heterocycles. The third-order valence-electron chi connectivity index (χ3n) is 5.77. The number of halogens is 3. The Kier molecular flexibility index (Phi) is 5.73. The molecule has 2 N–H and O–H groups in total. The molecule has 0 radical (unpaired) electrons. The molecule has 13 heteroatoms. The number of nitrogens with zero attached hydrogens (tertiary/aromatic N) is 6. The lowest BCUT2D eigenvalue weighted by Gasteiger charge is -2.28. The molecule has 3 aromatic heterocycles. The number of aromatic nitrogens is 4. The van der Waals surface area contributed by atoms with Crippen LogP contribution in [0.15, 0.2) is 24.5 Å². The first-order valence-corrected chi connectivity index (χ1v) is 10.7. The maximum absolute atomic E-state index is 13.8. The molecule has 0 spiro atoms. The Hall–Kier alpha value is -3.45. The van der Waals surface area contributed by atoms with Crippen molar-refractivity contribution in [2.45, 2.75) is 6.18 Å². The van der Waals surface area contributed by atoms with Crippen molar-refractivity contribution >= 4 is 23.1 Å². The van der Waals surface area contributed by atoms with Crippen LogP contribution in [0.25, 0.3) is 16.9 Å². The van der Waals surface area contributed by atoms with Crippen LogP contribution in [-0.2, 0) is 15.7 Å². The van der Waals surface area contributed by atoms with Crippen LogP contribution in [0.3, 0.4) is 0 Å². The van der Waals surface area contributed by atoms with Crippen molar-refractivity contribution in [2.75, 3.05) is 63.2 Å².